The van der Waals surface area contributed by atoms with Gasteiger partial charge in [-0.2, -0.15) is 5.10 Å². The van der Waals surface area contributed by atoms with Crippen LogP contribution in [0.2, 0.25) is 0 Å². The van der Waals surface area contributed by atoms with Crippen LogP contribution in [-0.2, 0) is 11.3 Å². The van der Waals surface area contributed by atoms with Crippen LogP contribution in [0.5, 0.6) is 0 Å². The van der Waals surface area contributed by atoms with Crippen LogP contribution in [0, 0.1) is 12.7 Å². The maximum Gasteiger partial charge on any atom is 0.267 e. The zero-order valence-corrected chi connectivity index (χ0v) is 17.0. The molecule has 0 unspecified atom stereocenters. The lowest BCUT2D eigenvalue weighted by atomic mass is 10.1. The molecule has 30 heavy (non-hydrogen) atoms. The number of carbonyl (C=O) groups is 1. The smallest absolute Gasteiger partial charge is 0.267 e. The Bertz CT molecular complexity index is 1150. The fourth-order valence-electron chi connectivity index (χ4n) is 2.89. The van der Waals surface area contributed by atoms with E-state index in [4.69, 9.17) is 4.42 Å². The molecule has 1 saturated heterocycles. The van der Waals surface area contributed by atoms with Gasteiger partial charge in [0.1, 0.15) is 11.6 Å². The Labute approximate surface area is 177 Å². The maximum absolute atomic E-state index is 13.8. The van der Waals surface area contributed by atoms with Crippen molar-refractivity contribution in [2.75, 3.05) is 0 Å². The minimum atomic E-state index is -0.385. The van der Waals surface area contributed by atoms with E-state index in [2.05, 4.69) is 10.2 Å². The Morgan fingerprint density at radius 1 is 1.07 bits per heavy atom. The molecule has 0 bridgehead atoms. The highest BCUT2D eigenvalue weighted by atomic mass is 32.2. The summed E-state index contributed by atoms with van der Waals surface area (Å²) in [5.74, 6) is 0.0653. The van der Waals surface area contributed by atoms with Gasteiger partial charge in [-0.1, -0.05) is 42.5 Å². The summed E-state index contributed by atoms with van der Waals surface area (Å²) < 4.78 is 19.2. The monoisotopic (exact) mass is 419 g/mol. The lowest BCUT2D eigenvalue weighted by Crippen LogP contribution is -2.28. The summed E-state index contributed by atoms with van der Waals surface area (Å²) in [4.78, 5) is 15.1. The topological polar surface area (TPSA) is 58.2 Å². The lowest BCUT2D eigenvalue weighted by Gasteiger charge is -2.12. The van der Waals surface area contributed by atoms with Crippen LogP contribution in [0.1, 0.15) is 22.5 Å². The number of amidine groups is 1. The molecule has 2 heterocycles. The average molecular weight is 419 g/mol. The molecule has 7 heteroatoms. The molecule has 1 aliphatic rings. The van der Waals surface area contributed by atoms with E-state index in [0.717, 1.165) is 11.1 Å². The van der Waals surface area contributed by atoms with E-state index in [0.29, 0.717) is 21.4 Å². The fourth-order valence-corrected chi connectivity index (χ4v) is 3.82. The Hall–Kier alpha value is -3.45. The molecule has 4 rings (SSSR count). The van der Waals surface area contributed by atoms with Crippen LogP contribution < -0.4 is 0 Å². The number of carbonyl (C=O) groups excluding carboxylic acids is 1. The zero-order chi connectivity index (χ0) is 20.9. The SMILES string of the molecule is Cc1ccccc1/C=C1\S/C(=N/N=C\c2ccccc2F)N(Cc2ccco2)C1=O. The third-order valence-corrected chi connectivity index (χ3v) is 5.50. The van der Waals surface area contributed by atoms with Crippen LogP contribution in [-0.4, -0.2) is 22.2 Å². The van der Waals surface area contributed by atoms with Crippen molar-refractivity contribution in [3.63, 3.8) is 0 Å². The summed E-state index contributed by atoms with van der Waals surface area (Å²) in [5.41, 5.74) is 2.35. The quantitative estimate of drug-likeness (QED) is 0.323. The molecule has 5 nitrogen and oxygen atoms in total. The third kappa shape index (κ3) is 4.41. The number of benzene rings is 2. The van der Waals surface area contributed by atoms with E-state index in [1.807, 2.05) is 37.3 Å². The van der Waals surface area contributed by atoms with E-state index >= 15 is 0 Å². The van der Waals surface area contributed by atoms with Crippen molar-refractivity contribution in [1.82, 2.24) is 4.90 Å². The van der Waals surface area contributed by atoms with E-state index < -0.39 is 0 Å². The molecule has 150 valence electrons. The van der Waals surface area contributed by atoms with E-state index in [9.17, 15) is 9.18 Å². The number of thioether (sulfide) groups is 1. The van der Waals surface area contributed by atoms with Gasteiger partial charge in [0, 0.05) is 5.56 Å². The number of rotatable bonds is 5. The molecular formula is C23H18FN3O2S. The minimum Gasteiger partial charge on any atom is -0.467 e. The molecule has 2 aromatic carbocycles. The Morgan fingerprint density at radius 2 is 1.83 bits per heavy atom. The predicted octanol–water partition coefficient (Wildman–Crippen LogP) is 5.23. The Morgan fingerprint density at radius 3 is 2.57 bits per heavy atom. The number of nitrogens with zero attached hydrogens (tertiary/aromatic N) is 3. The molecule has 1 fully saturated rings. The summed E-state index contributed by atoms with van der Waals surface area (Å²) in [5, 5.41) is 8.61. The second kappa shape index (κ2) is 8.92. The van der Waals surface area contributed by atoms with Crippen LogP contribution in [0.3, 0.4) is 0 Å². The normalized spacial score (nSPS) is 17.0. The summed E-state index contributed by atoms with van der Waals surface area (Å²) in [7, 11) is 0. The summed E-state index contributed by atoms with van der Waals surface area (Å²) in [6, 6.07) is 17.7. The fraction of sp³-hybridized carbons (Fsp3) is 0.0870. The van der Waals surface area contributed by atoms with Crippen molar-refractivity contribution in [2.24, 2.45) is 10.2 Å². The first-order valence-electron chi connectivity index (χ1n) is 9.27. The molecule has 0 atom stereocenters. The highest BCUT2D eigenvalue weighted by Gasteiger charge is 2.34. The summed E-state index contributed by atoms with van der Waals surface area (Å²) >= 11 is 1.23. The maximum atomic E-state index is 13.8. The largest absolute Gasteiger partial charge is 0.467 e. The molecule has 1 amide bonds. The van der Waals surface area contributed by atoms with Gasteiger partial charge >= 0.3 is 0 Å². The van der Waals surface area contributed by atoms with Gasteiger partial charge in [-0.25, -0.2) is 4.39 Å². The number of hydrogen-bond donors (Lipinski definition) is 0. The first-order chi connectivity index (χ1) is 14.6. The minimum absolute atomic E-state index is 0.181. The van der Waals surface area contributed by atoms with Gasteiger partial charge in [-0.3, -0.25) is 9.69 Å². The Balaban J connectivity index is 1.65. The average Bonchev–Trinajstić information content (AvgIpc) is 3.35. The van der Waals surface area contributed by atoms with Crippen molar-refractivity contribution in [3.8, 4) is 0 Å². The number of hydrogen-bond acceptors (Lipinski definition) is 5. The van der Waals surface area contributed by atoms with Gasteiger partial charge in [0.25, 0.3) is 5.91 Å². The van der Waals surface area contributed by atoms with E-state index in [1.54, 1.807) is 36.6 Å². The molecule has 0 radical (unpaired) electrons. The van der Waals surface area contributed by atoms with Crippen molar-refractivity contribution in [1.29, 1.82) is 0 Å². The molecule has 1 aromatic heterocycles. The second-order valence-corrected chi connectivity index (χ2v) is 7.60. The molecule has 3 aromatic rings. The van der Waals surface area contributed by atoms with E-state index in [1.165, 1.54) is 28.9 Å². The van der Waals surface area contributed by atoms with Crippen LogP contribution >= 0.6 is 11.8 Å². The molecule has 1 aliphatic heterocycles. The lowest BCUT2D eigenvalue weighted by molar-refractivity contribution is -0.122. The number of amides is 1. The zero-order valence-electron chi connectivity index (χ0n) is 16.2. The number of halogens is 1. The van der Waals surface area contributed by atoms with Gasteiger partial charge in [-0.05, 0) is 54.1 Å². The molecule has 0 aliphatic carbocycles. The van der Waals surface area contributed by atoms with Crippen LogP contribution in [0.15, 0.2) is 86.5 Å². The highest BCUT2D eigenvalue weighted by molar-refractivity contribution is 8.18. The summed E-state index contributed by atoms with van der Waals surface area (Å²) in [6.45, 7) is 2.23. The van der Waals surface area contributed by atoms with Gasteiger partial charge < -0.3 is 4.42 Å². The van der Waals surface area contributed by atoms with Gasteiger partial charge in [0.15, 0.2) is 5.17 Å². The van der Waals surface area contributed by atoms with Crippen LogP contribution in [0.25, 0.3) is 6.08 Å². The standard InChI is InChI=1S/C23H18FN3O2S/c1-16-7-2-3-8-17(16)13-21-22(28)27(15-19-10-6-12-29-19)23(30-21)26-25-14-18-9-4-5-11-20(18)24/h2-14H,15H2,1H3/b21-13-,25-14-,26-23+. The van der Waals surface area contributed by atoms with Gasteiger partial charge in [0.05, 0.1) is 23.9 Å². The predicted molar refractivity (Wildman–Crippen MR) is 117 cm³/mol. The first-order valence-corrected chi connectivity index (χ1v) is 10.1. The van der Waals surface area contributed by atoms with Crippen molar-refractivity contribution < 1.29 is 13.6 Å². The first kappa shape index (κ1) is 19.8. The van der Waals surface area contributed by atoms with Crippen molar-refractivity contribution >= 4 is 35.1 Å². The van der Waals surface area contributed by atoms with Crippen molar-refractivity contribution in [3.05, 3.63) is 100 Å². The van der Waals surface area contributed by atoms with Gasteiger partial charge in [-0.15, -0.1) is 5.10 Å². The second-order valence-electron chi connectivity index (χ2n) is 6.59. The summed E-state index contributed by atoms with van der Waals surface area (Å²) in [6.07, 6.45) is 4.74. The molecule has 0 spiro atoms. The highest BCUT2D eigenvalue weighted by Crippen LogP contribution is 2.34. The molecule has 0 N–H and O–H groups in total. The van der Waals surface area contributed by atoms with Crippen molar-refractivity contribution in [2.45, 2.75) is 13.5 Å². The van der Waals surface area contributed by atoms with Crippen LogP contribution in [0.4, 0.5) is 4.39 Å². The Kier molecular flexibility index (Phi) is 5.90. The van der Waals surface area contributed by atoms with E-state index in [-0.39, 0.29) is 18.3 Å². The van der Waals surface area contributed by atoms with Gasteiger partial charge in [0.2, 0.25) is 0 Å². The molecule has 0 saturated carbocycles. The number of aryl methyl sites for hydroxylation is 1. The third-order valence-electron chi connectivity index (χ3n) is 4.50. The molecular weight excluding hydrogens is 401 g/mol. The number of furan rings is 1.